The molecule has 92 valence electrons. The van der Waals surface area contributed by atoms with Crippen molar-refractivity contribution in [2.24, 2.45) is 5.92 Å². The Kier molecular flexibility index (Phi) is 5.66. The maximum absolute atomic E-state index is 11.8. The van der Waals surface area contributed by atoms with E-state index >= 15 is 0 Å². The van der Waals surface area contributed by atoms with Gasteiger partial charge in [-0.1, -0.05) is 0 Å². The van der Waals surface area contributed by atoms with Crippen LogP contribution in [0.2, 0.25) is 0 Å². The first-order valence-corrected chi connectivity index (χ1v) is 6.86. The zero-order valence-electron chi connectivity index (χ0n) is 9.65. The van der Waals surface area contributed by atoms with Gasteiger partial charge >= 0.3 is 5.97 Å². The van der Waals surface area contributed by atoms with E-state index in [0.29, 0.717) is 18.9 Å². The van der Waals surface area contributed by atoms with Crippen molar-refractivity contribution in [2.45, 2.75) is 26.2 Å². The van der Waals surface area contributed by atoms with Gasteiger partial charge in [-0.05, 0) is 37.2 Å². The van der Waals surface area contributed by atoms with Gasteiger partial charge in [-0.2, -0.15) is 11.8 Å². The van der Waals surface area contributed by atoms with Gasteiger partial charge in [0.15, 0.2) is 0 Å². The molecule has 1 amide bonds. The zero-order valence-corrected chi connectivity index (χ0v) is 10.5. The first-order chi connectivity index (χ1) is 7.63. The highest BCUT2D eigenvalue weighted by Gasteiger charge is 2.21. The molecule has 0 aliphatic carbocycles. The molecule has 0 bridgehead atoms. The van der Waals surface area contributed by atoms with Crippen LogP contribution in [0, 0.1) is 5.92 Å². The van der Waals surface area contributed by atoms with Crippen molar-refractivity contribution < 1.29 is 14.7 Å². The second-order valence-electron chi connectivity index (χ2n) is 4.06. The Labute approximate surface area is 100 Å². The fraction of sp³-hybridized carbons (Fsp3) is 0.818. The number of carbonyl (C=O) groups excluding carboxylic acids is 1. The summed E-state index contributed by atoms with van der Waals surface area (Å²) >= 11 is 1.93. The highest BCUT2D eigenvalue weighted by molar-refractivity contribution is 7.99. The lowest BCUT2D eigenvalue weighted by molar-refractivity contribution is -0.144. The molecule has 16 heavy (non-hydrogen) atoms. The first kappa shape index (κ1) is 13.4. The Balaban J connectivity index is 2.38. The Bertz CT molecular complexity index is 252. The summed E-state index contributed by atoms with van der Waals surface area (Å²) in [4.78, 5) is 23.8. The van der Waals surface area contributed by atoms with Crippen molar-refractivity contribution in [3.63, 3.8) is 0 Å². The molecule has 0 aromatic rings. The van der Waals surface area contributed by atoms with Crippen molar-refractivity contribution >= 4 is 23.6 Å². The summed E-state index contributed by atoms with van der Waals surface area (Å²) in [6, 6.07) is 0. The number of amides is 1. The van der Waals surface area contributed by atoms with E-state index in [1.165, 1.54) is 4.90 Å². The predicted octanol–water partition coefficient (Wildman–Crippen LogP) is 1.45. The third kappa shape index (κ3) is 4.43. The van der Waals surface area contributed by atoms with Gasteiger partial charge in [0.1, 0.15) is 6.54 Å². The van der Waals surface area contributed by atoms with E-state index in [0.717, 1.165) is 24.3 Å². The van der Waals surface area contributed by atoms with Gasteiger partial charge in [-0.3, -0.25) is 9.59 Å². The number of thioether (sulfide) groups is 1. The summed E-state index contributed by atoms with van der Waals surface area (Å²) in [6.45, 7) is 2.13. The SMILES string of the molecule is CCN(CC(=O)O)C(=O)CC1CCSCC1. The standard InChI is InChI=1S/C11H19NO3S/c1-2-12(8-11(14)15)10(13)7-9-3-5-16-6-4-9/h9H,2-8H2,1H3,(H,14,15). The maximum Gasteiger partial charge on any atom is 0.323 e. The van der Waals surface area contributed by atoms with Gasteiger partial charge in [0.25, 0.3) is 0 Å². The topological polar surface area (TPSA) is 57.6 Å². The molecule has 1 aliphatic rings. The van der Waals surface area contributed by atoms with Gasteiger partial charge in [0.2, 0.25) is 5.91 Å². The van der Waals surface area contributed by atoms with Gasteiger partial charge < -0.3 is 10.0 Å². The Morgan fingerprint density at radius 1 is 1.38 bits per heavy atom. The average molecular weight is 245 g/mol. The molecular weight excluding hydrogens is 226 g/mol. The lowest BCUT2D eigenvalue weighted by Gasteiger charge is -2.24. The molecule has 0 unspecified atom stereocenters. The quantitative estimate of drug-likeness (QED) is 0.796. The van der Waals surface area contributed by atoms with Gasteiger partial charge in [-0.15, -0.1) is 0 Å². The molecule has 1 saturated heterocycles. The van der Waals surface area contributed by atoms with Gasteiger partial charge in [0, 0.05) is 13.0 Å². The molecular formula is C11H19NO3S. The van der Waals surface area contributed by atoms with Crippen molar-refractivity contribution in [3.8, 4) is 0 Å². The van der Waals surface area contributed by atoms with Crippen LogP contribution in [0.5, 0.6) is 0 Å². The number of nitrogens with zero attached hydrogens (tertiary/aromatic N) is 1. The van der Waals surface area contributed by atoms with E-state index in [-0.39, 0.29) is 12.5 Å². The molecule has 0 aromatic carbocycles. The molecule has 1 rings (SSSR count). The highest BCUT2D eigenvalue weighted by Crippen LogP contribution is 2.25. The maximum atomic E-state index is 11.8. The second kappa shape index (κ2) is 6.78. The summed E-state index contributed by atoms with van der Waals surface area (Å²) in [5, 5.41) is 8.67. The number of likely N-dealkylation sites (N-methyl/N-ethyl adjacent to an activating group) is 1. The molecule has 1 aliphatic heterocycles. The van der Waals surface area contributed by atoms with Crippen LogP contribution in [-0.2, 0) is 9.59 Å². The first-order valence-electron chi connectivity index (χ1n) is 5.70. The van der Waals surface area contributed by atoms with E-state index in [9.17, 15) is 9.59 Å². The van der Waals surface area contributed by atoms with Crippen molar-refractivity contribution in [2.75, 3.05) is 24.6 Å². The van der Waals surface area contributed by atoms with E-state index in [4.69, 9.17) is 5.11 Å². The number of hydrogen-bond donors (Lipinski definition) is 1. The third-order valence-electron chi connectivity index (χ3n) is 2.86. The lowest BCUT2D eigenvalue weighted by atomic mass is 9.98. The number of rotatable bonds is 5. The largest absolute Gasteiger partial charge is 0.480 e. The van der Waals surface area contributed by atoms with Crippen LogP contribution < -0.4 is 0 Å². The predicted molar refractivity (Wildman–Crippen MR) is 64.6 cm³/mol. The summed E-state index contributed by atoms with van der Waals surface area (Å²) < 4.78 is 0. The van der Waals surface area contributed by atoms with Crippen LogP contribution in [-0.4, -0.2) is 46.5 Å². The minimum atomic E-state index is -0.936. The molecule has 5 heteroatoms. The molecule has 1 N–H and O–H groups in total. The Hall–Kier alpha value is -0.710. The third-order valence-corrected chi connectivity index (χ3v) is 3.91. The van der Waals surface area contributed by atoms with Crippen molar-refractivity contribution in [3.05, 3.63) is 0 Å². The molecule has 0 aromatic heterocycles. The highest BCUT2D eigenvalue weighted by atomic mass is 32.2. The number of carboxylic acids is 1. The fourth-order valence-corrected chi connectivity index (χ4v) is 3.07. The molecule has 4 nitrogen and oxygen atoms in total. The average Bonchev–Trinajstić information content (AvgIpc) is 2.26. The molecule has 1 fully saturated rings. The number of carboxylic acid groups (broad SMARTS) is 1. The smallest absolute Gasteiger partial charge is 0.323 e. The van der Waals surface area contributed by atoms with E-state index in [1.54, 1.807) is 0 Å². The monoisotopic (exact) mass is 245 g/mol. The molecule has 0 saturated carbocycles. The van der Waals surface area contributed by atoms with Gasteiger partial charge in [-0.25, -0.2) is 0 Å². The minimum Gasteiger partial charge on any atom is -0.480 e. The lowest BCUT2D eigenvalue weighted by Crippen LogP contribution is -2.36. The van der Waals surface area contributed by atoms with Crippen LogP contribution >= 0.6 is 11.8 Å². The normalized spacial score (nSPS) is 17.1. The second-order valence-corrected chi connectivity index (χ2v) is 5.29. The van der Waals surface area contributed by atoms with Crippen molar-refractivity contribution in [1.29, 1.82) is 0 Å². The van der Waals surface area contributed by atoms with Crippen LogP contribution in [0.4, 0.5) is 0 Å². The van der Waals surface area contributed by atoms with Crippen LogP contribution in [0.15, 0.2) is 0 Å². The van der Waals surface area contributed by atoms with Crippen LogP contribution in [0.25, 0.3) is 0 Å². The summed E-state index contributed by atoms with van der Waals surface area (Å²) in [7, 11) is 0. The van der Waals surface area contributed by atoms with E-state index in [2.05, 4.69) is 0 Å². The number of carbonyl (C=O) groups is 2. The van der Waals surface area contributed by atoms with E-state index in [1.807, 2.05) is 18.7 Å². The number of hydrogen-bond acceptors (Lipinski definition) is 3. The summed E-state index contributed by atoms with van der Waals surface area (Å²) in [5.41, 5.74) is 0. The van der Waals surface area contributed by atoms with Crippen LogP contribution in [0.3, 0.4) is 0 Å². The van der Waals surface area contributed by atoms with Crippen LogP contribution in [0.1, 0.15) is 26.2 Å². The van der Waals surface area contributed by atoms with E-state index < -0.39 is 5.97 Å². The van der Waals surface area contributed by atoms with Crippen molar-refractivity contribution in [1.82, 2.24) is 4.90 Å². The van der Waals surface area contributed by atoms with Gasteiger partial charge in [0.05, 0.1) is 0 Å². The number of aliphatic carboxylic acids is 1. The molecule has 0 radical (unpaired) electrons. The summed E-state index contributed by atoms with van der Waals surface area (Å²) in [5.74, 6) is 1.76. The zero-order chi connectivity index (χ0) is 12.0. The summed E-state index contributed by atoms with van der Waals surface area (Å²) in [6.07, 6.45) is 2.68. The minimum absolute atomic E-state index is 0.0122. The Morgan fingerprint density at radius 2 is 2.00 bits per heavy atom. The Morgan fingerprint density at radius 3 is 2.50 bits per heavy atom. The molecule has 0 atom stereocenters. The fourth-order valence-electron chi connectivity index (χ4n) is 1.87. The molecule has 0 spiro atoms. The molecule has 1 heterocycles.